The van der Waals surface area contributed by atoms with Gasteiger partial charge >= 0.3 is 0 Å². The molecule has 0 aliphatic rings. The molecule has 0 aliphatic carbocycles. The molecule has 12 heavy (non-hydrogen) atoms. The van der Waals surface area contributed by atoms with E-state index in [9.17, 15) is 8.78 Å². The van der Waals surface area contributed by atoms with E-state index in [4.69, 9.17) is 5.73 Å². The Bertz CT molecular complexity index is 209. The summed E-state index contributed by atoms with van der Waals surface area (Å²) in [6, 6.07) is 2.05. The van der Waals surface area contributed by atoms with Crippen LogP contribution in [0.1, 0.15) is 19.4 Å². The highest BCUT2D eigenvalue weighted by Crippen LogP contribution is 2.14. The van der Waals surface area contributed by atoms with Crippen LogP contribution >= 0.6 is 0 Å². The quantitative estimate of drug-likeness (QED) is 0.600. The Morgan fingerprint density at radius 3 is 1.92 bits per heavy atom. The molecule has 68 valence electrons. The van der Waals surface area contributed by atoms with E-state index in [0.717, 1.165) is 12.1 Å². The predicted octanol–water partition coefficient (Wildman–Crippen LogP) is 2.88. The first-order chi connectivity index (χ1) is 5.61. The van der Waals surface area contributed by atoms with E-state index >= 15 is 0 Å². The first-order valence-corrected chi connectivity index (χ1v) is 3.82. The second-order valence-corrected chi connectivity index (χ2v) is 2.12. The molecule has 0 amide bonds. The van der Waals surface area contributed by atoms with Crippen molar-refractivity contribution in [3.8, 4) is 0 Å². The first-order valence-electron chi connectivity index (χ1n) is 3.82. The predicted molar refractivity (Wildman–Crippen MR) is 46.9 cm³/mol. The van der Waals surface area contributed by atoms with Crippen LogP contribution in [0.15, 0.2) is 12.1 Å². The maximum Gasteiger partial charge on any atom is 0.160 e. The summed E-state index contributed by atoms with van der Waals surface area (Å²) in [7, 11) is 0. The maximum atomic E-state index is 12.3. The molecule has 1 aromatic rings. The molecule has 0 heterocycles. The molecule has 1 nitrogen and oxygen atoms in total. The largest absolute Gasteiger partial charge is 0.398 e. The molecule has 1 aromatic carbocycles. The Labute approximate surface area is 71.2 Å². The smallest absolute Gasteiger partial charge is 0.160 e. The van der Waals surface area contributed by atoms with Crippen molar-refractivity contribution in [3.63, 3.8) is 0 Å². The van der Waals surface area contributed by atoms with Crippen LogP contribution in [-0.4, -0.2) is 0 Å². The molecule has 2 N–H and O–H groups in total. The lowest BCUT2D eigenvalue weighted by Gasteiger charge is -1.98. The van der Waals surface area contributed by atoms with Gasteiger partial charge in [0.25, 0.3) is 0 Å². The van der Waals surface area contributed by atoms with Crippen LogP contribution < -0.4 is 5.73 Å². The van der Waals surface area contributed by atoms with Crippen LogP contribution in [0.25, 0.3) is 0 Å². The highest BCUT2D eigenvalue weighted by Gasteiger charge is 2.02. The number of rotatable bonds is 0. The second-order valence-electron chi connectivity index (χ2n) is 2.12. The zero-order valence-electron chi connectivity index (χ0n) is 7.49. The van der Waals surface area contributed by atoms with E-state index in [1.165, 1.54) is 0 Å². The van der Waals surface area contributed by atoms with Crippen molar-refractivity contribution in [1.82, 2.24) is 0 Å². The van der Waals surface area contributed by atoms with Gasteiger partial charge in [-0.1, -0.05) is 13.8 Å². The van der Waals surface area contributed by atoms with Gasteiger partial charge in [0.2, 0.25) is 0 Å². The highest BCUT2D eigenvalue weighted by molar-refractivity contribution is 5.46. The van der Waals surface area contributed by atoms with Crippen LogP contribution in [0.5, 0.6) is 0 Å². The normalized spacial score (nSPS) is 8.75. The van der Waals surface area contributed by atoms with Crippen LogP contribution in [0.2, 0.25) is 0 Å². The Morgan fingerprint density at radius 1 is 1.08 bits per heavy atom. The van der Waals surface area contributed by atoms with Gasteiger partial charge in [-0.2, -0.15) is 0 Å². The third kappa shape index (κ3) is 2.49. The number of hydrogen-bond acceptors (Lipinski definition) is 1. The van der Waals surface area contributed by atoms with Gasteiger partial charge in [-0.05, 0) is 18.6 Å². The number of nitrogens with two attached hydrogens (primary N) is 1. The standard InChI is InChI=1S/C7H7F2N.C2H6/c1-4-2-5(8)6(9)3-7(4)10;1-2/h2-3H,10H2,1H3;1-2H3. The third-order valence-electron chi connectivity index (χ3n) is 1.31. The fourth-order valence-electron chi connectivity index (χ4n) is 0.662. The SMILES string of the molecule is CC.Cc1cc(F)c(F)cc1N. The van der Waals surface area contributed by atoms with E-state index in [1.807, 2.05) is 13.8 Å². The van der Waals surface area contributed by atoms with Crippen molar-refractivity contribution in [3.05, 3.63) is 29.3 Å². The van der Waals surface area contributed by atoms with Gasteiger partial charge in [-0.15, -0.1) is 0 Å². The summed E-state index contributed by atoms with van der Waals surface area (Å²) in [6.07, 6.45) is 0. The number of halogens is 2. The van der Waals surface area contributed by atoms with Gasteiger partial charge in [-0.25, -0.2) is 8.78 Å². The Kier molecular flexibility index (Phi) is 4.26. The molecule has 0 spiro atoms. The van der Waals surface area contributed by atoms with Crippen LogP contribution in [0.4, 0.5) is 14.5 Å². The number of anilines is 1. The lowest BCUT2D eigenvalue weighted by atomic mass is 10.2. The first kappa shape index (κ1) is 10.9. The van der Waals surface area contributed by atoms with E-state index in [1.54, 1.807) is 6.92 Å². The minimum absolute atomic E-state index is 0.277. The lowest BCUT2D eigenvalue weighted by Crippen LogP contribution is -1.93. The molecule has 0 fully saturated rings. The summed E-state index contributed by atoms with van der Waals surface area (Å²) < 4.78 is 24.6. The summed E-state index contributed by atoms with van der Waals surface area (Å²) in [6.45, 7) is 5.62. The third-order valence-corrected chi connectivity index (χ3v) is 1.31. The summed E-state index contributed by atoms with van der Waals surface area (Å²) in [5, 5.41) is 0. The molecule has 0 unspecified atom stereocenters. The van der Waals surface area contributed by atoms with Gasteiger partial charge in [0.05, 0.1) is 0 Å². The number of benzene rings is 1. The Balaban J connectivity index is 0.000000561. The van der Waals surface area contributed by atoms with Gasteiger partial charge in [-0.3, -0.25) is 0 Å². The molecule has 0 bridgehead atoms. The summed E-state index contributed by atoms with van der Waals surface area (Å²) in [5.74, 6) is -1.75. The van der Waals surface area contributed by atoms with Crippen molar-refractivity contribution >= 4 is 5.69 Å². The van der Waals surface area contributed by atoms with Crippen LogP contribution in [0, 0.1) is 18.6 Å². The molecule has 0 radical (unpaired) electrons. The molecule has 0 saturated heterocycles. The zero-order chi connectivity index (χ0) is 9.72. The number of hydrogen-bond donors (Lipinski definition) is 1. The Hall–Kier alpha value is -1.12. The topological polar surface area (TPSA) is 26.0 Å². The van der Waals surface area contributed by atoms with Crippen LogP contribution in [0.3, 0.4) is 0 Å². The van der Waals surface area contributed by atoms with E-state index in [-0.39, 0.29) is 5.69 Å². The van der Waals surface area contributed by atoms with Crippen LogP contribution in [-0.2, 0) is 0 Å². The number of nitrogen functional groups attached to an aromatic ring is 1. The molecule has 0 atom stereocenters. The molecule has 0 aliphatic heterocycles. The fraction of sp³-hybridized carbons (Fsp3) is 0.333. The summed E-state index contributed by atoms with van der Waals surface area (Å²) >= 11 is 0. The summed E-state index contributed by atoms with van der Waals surface area (Å²) in [4.78, 5) is 0. The van der Waals surface area contributed by atoms with Crippen molar-refractivity contribution in [1.29, 1.82) is 0 Å². The number of aryl methyl sites for hydroxylation is 1. The van der Waals surface area contributed by atoms with Gasteiger partial charge in [0, 0.05) is 11.8 Å². The average molecular weight is 173 g/mol. The molecule has 3 heteroatoms. The molecule has 0 saturated carbocycles. The average Bonchev–Trinajstić information content (AvgIpc) is 2.05. The van der Waals surface area contributed by atoms with Crippen molar-refractivity contribution in [2.45, 2.75) is 20.8 Å². The van der Waals surface area contributed by atoms with Crippen molar-refractivity contribution < 1.29 is 8.78 Å². The van der Waals surface area contributed by atoms with Crippen molar-refractivity contribution in [2.75, 3.05) is 5.73 Å². The lowest BCUT2D eigenvalue weighted by molar-refractivity contribution is 0.508. The minimum Gasteiger partial charge on any atom is -0.398 e. The van der Waals surface area contributed by atoms with Gasteiger partial charge in [0.1, 0.15) is 0 Å². The van der Waals surface area contributed by atoms with Gasteiger partial charge in [0.15, 0.2) is 11.6 Å². The molecule has 0 aromatic heterocycles. The monoisotopic (exact) mass is 173 g/mol. The second kappa shape index (κ2) is 4.70. The van der Waals surface area contributed by atoms with Crippen molar-refractivity contribution in [2.24, 2.45) is 0 Å². The summed E-state index contributed by atoms with van der Waals surface area (Å²) in [5.41, 5.74) is 6.11. The highest BCUT2D eigenvalue weighted by atomic mass is 19.2. The maximum absolute atomic E-state index is 12.3. The molecule has 1 rings (SSSR count). The fourth-order valence-corrected chi connectivity index (χ4v) is 0.662. The van der Waals surface area contributed by atoms with E-state index < -0.39 is 11.6 Å². The Morgan fingerprint density at radius 2 is 1.50 bits per heavy atom. The van der Waals surface area contributed by atoms with Gasteiger partial charge < -0.3 is 5.73 Å². The zero-order valence-corrected chi connectivity index (χ0v) is 7.49. The van der Waals surface area contributed by atoms with E-state index in [2.05, 4.69) is 0 Å². The molecular weight excluding hydrogens is 160 g/mol. The van der Waals surface area contributed by atoms with E-state index in [0.29, 0.717) is 5.56 Å². The molecular formula is C9H13F2N. The minimum atomic E-state index is -0.900.